The predicted octanol–water partition coefficient (Wildman–Crippen LogP) is 1.48. The number of carboxylic acids is 1. The van der Waals surface area contributed by atoms with Gasteiger partial charge >= 0.3 is 5.97 Å². The number of amides is 1. The SMILES string of the molecule is C=CCNS(=O)(=O)c1cccc(C(=O)N2CCC(CC(=O)O)CC2)c1. The molecule has 0 radical (unpaired) electrons. The van der Waals surface area contributed by atoms with Gasteiger partial charge in [0.25, 0.3) is 5.91 Å². The second kappa shape index (κ2) is 8.26. The first kappa shape index (κ1) is 19.1. The molecule has 0 atom stereocenters. The number of carbonyl (C=O) groups excluding carboxylic acids is 1. The molecule has 0 unspecified atom stereocenters. The summed E-state index contributed by atoms with van der Waals surface area (Å²) in [5.74, 6) is -0.986. The lowest BCUT2D eigenvalue weighted by atomic mass is 9.93. The minimum Gasteiger partial charge on any atom is -0.481 e. The molecule has 1 heterocycles. The zero-order chi connectivity index (χ0) is 18.4. The number of likely N-dealkylation sites (tertiary alicyclic amines) is 1. The van der Waals surface area contributed by atoms with Crippen molar-refractivity contribution in [2.75, 3.05) is 19.6 Å². The number of aliphatic carboxylic acids is 1. The molecule has 136 valence electrons. The van der Waals surface area contributed by atoms with Crippen LogP contribution in [-0.2, 0) is 14.8 Å². The zero-order valence-electron chi connectivity index (χ0n) is 13.8. The topological polar surface area (TPSA) is 104 Å². The summed E-state index contributed by atoms with van der Waals surface area (Å²) < 4.78 is 26.7. The summed E-state index contributed by atoms with van der Waals surface area (Å²) in [6.45, 7) is 4.52. The molecule has 8 heteroatoms. The molecule has 0 spiro atoms. The van der Waals surface area contributed by atoms with Gasteiger partial charge in [-0.3, -0.25) is 9.59 Å². The molecule has 1 aliphatic rings. The highest BCUT2D eigenvalue weighted by Gasteiger charge is 2.25. The third kappa shape index (κ3) is 5.14. The van der Waals surface area contributed by atoms with Crippen molar-refractivity contribution in [3.05, 3.63) is 42.5 Å². The van der Waals surface area contributed by atoms with Gasteiger partial charge in [0.05, 0.1) is 4.90 Å². The predicted molar refractivity (Wildman–Crippen MR) is 92.7 cm³/mol. The normalized spacial score (nSPS) is 15.8. The molecule has 1 aromatic rings. The molecule has 25 heavy (non-hydrogen) atoms. The summed E-state index contributed by atoms with van der Waals surface area (Å²) in [5, 5.41) is 8.84. The Kier molecular flexibility index (Phi) is 6.33. The molecular weight excluding hydrogens is 344 g/mol. The van der Waals surface area contributed by atoms with Crippen LogP contribution in [0.4, 0.5) is 0 Å². The molecule has 2 N–H and O–H groups in total. The van der Waals surface area contributed by atoms with Gasteiger partial charge in [-0.25, -0.2) is 13.1 Å². The maximum Gasteiger partial charge on any atom is 0.303 e. The summed E-state index contributed by atoms with van der Waals surface area (Å²) in [6.07, 6.45) is 2.83. The number of nitrogens with zero attached hydrogens (tertiary/aromatic N) is 1. The zero-order valence-corrected chi connectivity index (χ0v) is 14.7. The van der Waals surface area contributed by atoms with Crippen LogP contribution in [0.25, 0.3) is 0 Å². The number of carboxylic acid groups (broad SMARTS) is 1. The van der Waals surface area contributed by atoms with Gasteiger partial charge in [-0.15, -0.1) is 6.58 Å². The van der Waals surface area contributed by atoms with Gasteiger partial charge in [-0.05, 0) is 37.0 Å². The van der Waals surface area contributed by atoms with Crippen LogP contribution in [-0.4, -0.2) is 49.9 Å². The number of benzene rings is 1. The molecule has 1 aliphatic heterocycles. The molecule has 2 rings (SSSR count). The molecule has 1 fully saturated rings. The smallest absolute Gasteiger partial charge is 0.303 e. The fraction of sp³-hybridized carbons (Fsp3) is 0.412. The van der Waals surface area contributed by atoms with Gasteiger partial charge in [0, 0.05) is 31.6 Å². The van der Waals surface area contributed by atoms with E-state index in [0.29, 0.717) is 31.5 Å². The van der Waals surface area contributed by atoms with Crippen molar-refractivity contribution < 1.29 is 23.1 Å². The van der Waals surface area contributed by atoms with E-state index >= 15 is 0 Å². The third-order valence-corrected chi connectivity index (χ3v) is 5.60. The number of hydrogen-bond donors (Lipinski definition) is 2. The Hall–Kier alpha value is -2.19. The number of piperidine rings is 1. The highest BCUT2D eigenvalue weighted by atomic mass is 32.2. The summed E-state index contributed by atoms with van der Waals surface area (Å²) in [6, 6.07) is 5.91. The lowest BCUT2D eigenvalue weighted by Gasteiger charge is -2.31. The number of carbonyl (C=O) groups is 2. The van der Waals surface area contributed by atoms with E-state index in [1.165, 1.54) is 24.3 Å². The van der Waals surface area contributed by atoms with Crippen molar-refractivity contribution >= 4 is 21.9 Å². The highest BCUT2D eigenvalue weighted by Crippen LogP contribution is 2.22. The molecule has 7 nitrogen and oxygen atoms in total. The summed E-state index contributed by atoms with van der Waals surface area (Å²) in [5.41, 5.74) is 0.304. The van der Waals surface area contributed by atoms with Gasteiger partial charge in [0.15, 0.2) is 0 Å². The number of sulfonamides is 1. The highest BCUT2D eigenvalue weighted by molar-refractivity contribution is 7.89. The molecule has 1 aromatic carbocycles. The largest absolute Gasteiger partial charge is 0.481 e. The first-order valence-corrected chi connectivity index (χ1v) is 9.53. The molecule has 1 amide bonds. The minimum absolute atomic E-state index is 0.0287. The van der Waals surface area contributed by atoms with Crippen molar-refractivity contribution in [1.82, 2.24) is 9.62 Å². The van der Waals surface area contributed by atoms with Crippen molar-refractivity contribution in [3.63, 3.8) is 0 Å². The van der Waals surface area contributed by atoms with E-state index in [-0.39, 0.29) is 29.7 Å². The Morgan fingerprint density at radius 2 is 2.00 bits per heavy atom. The van der Waals surface area contributed by atoms with Crippen LogP contribution < -0.4 is 4.72 Å². The van der Waals surface area contributed by atoms with Gasteiger partial charge < -0.3 is 10.0 Å². The second-order valence-electron chi connectivity index (χ2n) is 6.00. The average molecular weight is 366 g/mol. The van der Waals surface area contributed by atoms with Gasteiger partial charge in [-0.2, -0.15) is 0 Å². The molecule has 0 bridgehead atoms. The lowest BCUT2D eigenvalue weighted by Crippen LogP contribution is -2.39. The van der Waals surface area contributed by atoms with E-state index in [4.69, 9.17) is 5.11 Å². The van der Waals surface area contributed by atoms with E-state index < -0.39 is 16.0 Å². The Balaban J connectivity index is 2.07. The summed E-state index contributed by atoms with van der Waals surface area (Å²) >= 11 is 0. The van der Waals surface area contributed by atoms with E-state index in [1.54, 1.807) is 11.0 Å². The molecule has 1 saturated heterocycles. The van der Waals surface area contributed by atoms with Crippen LogP contribution in [0.5, 0.6) is 0 Å². The second-order valence-corrected chi connectivity index (χ2v) is 7.77. The maximum absolute atomic E-state index is 12.6. The van der Waals surface area contributed by atoms with Gasteiger partial charge in [0.1, 0.15) is 0 Å². The number of hydrogen-bond acceptors (Lipinski definition) is 4. The molecular formula is C17H22N2O5S. The lowest BCUT2D eigenvalue weighted by molar-refractivity contribution is -0.138. The molecule has 0 aliphatic carbocycles. The third-order valence-electron chi connectivity index (χ3n) is 4.17. The van der Waals surface area contributed by atoms with Crippen LogP contribution in [0.15, 0.2) is 41.8 Å². The summed E-state index contributed by atoms with van der Waals surface area (Å²) in [7, 11) is -3.69. The van der Waals surface area contributed by atoms with E-state index in [2.05, 4.69) is 11.3 Å². The number of rotatable bonds is 7. The van der Waals surface area contributed by atoms with Crippen LogP contribution in [0.2, 0.25) is 0 Å². The van der Waals surface area contributed by atoms with Gasteiger partial charge in [-0.1, -0.05) is 12.1 Å². The van der Waals surface area contributed by atoms with Crippen molar-refractivity contribution in [2.45, 2.75) is 24.2 Å². The van der Waals surface area contributed by atoms with E-state index in [9.17, 15) is 18.0 Å². The van der Waals surface area contributed by atoms with Crippen LogP contribution >= 0.6 is 0 Å². The number of nitrogens with one attached hydrogen (secondary N) is 1. The van der Waals surface area contributed by atoms with E-state index in [1.807, 2.05) is 0 Å². The van der Waals surface area contributed by atoms with Crippen molar-refractivity contribution in [2.24, 2.45) is 5.92 Å². The van der Waals surface area contributed by atoms with Crippen LogP contribution in [0.1, 0.15) is 29.6 Å². The Bertz CT molecular complexity index is 752. The van der Waals surface area contributed by atoms with Crippen LogP contribution in [0, 0.1) is 5.92 Å². The van der Waals surface area contributed by atoms with Crippen LogP contribution in [0.3, 0.4) is 0 Å². The van der Waals surface area contributed by atoms with Crippen molar-refractivity contribution in [3.8, 4) is 0 Å². The minimum atomic E-state index is -3.69. The van der Waals surface area contributed by atoms with Crippen molar-refractivity contribution in [1.29, 1.82) is 0 Å². The van der Waals surface area contributed by atoms with Gasteiger partial charge in [0.2, 0.25) is 10.0 Å². The standard InChI is InChI=1S/C17H22N2O5S/c1-2-8-18-25(23,24)15-5-3-4-14(12-15)17(22)19-9-6-13(7-10-19)11-16(20)21/h2-5,12-13,18H,1,6-11H2,(H,20,21). The average Bonchev–Trinajstić information content (AvgIpc) is 2.60. The Morgan fingerprint density at radius 1 is 1.32 bits per heavy atom. The molecule has 0 saturated carbocycles. The monoisotopic (exact) mass is 366 g/mol. The Morgan fingerprint density at radius 3 is 2.60 bits per heavy atom. The molecule has 0 aromatic heterocycles. The first-order chi connectivity index (χ1) is 11.8. The van der Waals surface area contributed by atoms with E-state index in [0.717, 1.165) is 0 Å². The fourth-order valence-electron chi connectivity index (χ4n) is 2.82. The quantitative estimate of drug-likeness (QED) is 0.712. The maximum atomic E-state index is 12.6. The first-order valence-electron chi connectivity index (χ1n) is 8.05. The fourth-order valence-corrected chi connectivity index (χ4v) is 3.86. The summed E-state index contributed by atoms with van der Waals surface area (Å²) in [4.78, 5) is 25.0. The Labute approximate surface area is 147 Å².